The molecule has 5 heteroatoms. The van der Waals surface area contributed by atoms with Crippen LogP contribution >= 0.6 is 0 Å². The molecule has 0 saturated heterocycles. The Labute approximate surface area is 112 Å². The minimum Gasteiger partial charge on any atom is -0.408 e. The lowest BCUT2D eigenvalue weighted by molar-refractivity contribution is 0.473. The Kier molecular flexibility index (Phi) is 3.21. The fourth-order valence-electron chi connectivity index (χ4n) is 2.55. The van der Waals surface area contributed by atoms with Gasteiger partial charge in [-0.3, -0.25) is 4.90 Å². The molecule has 2 N–H and O–H groups in total. The van der Waals surface area contributed by atoms with Crippen LogP contribution in [0.5, 0.6) is 0 Å². The summed E-state index contributed by atoms with van der Waals surface area (Å²) < 4.78 is 5.71. The molecule has 1 aromatic carbocycles. The molecule has 1 aromatic heterocycles. The molecule has 100 valence electrons. The minimum absolute atomic E-state index is 0.362. The van der Waals surface area contributed by atoms with Crippen molar-refractivity contribution in [2.75, 3.05) is 11.4 Å². The van der Waals surface area contributed by atoms with Crippen LogP contribution in [0.3, 0.4) is 0 Å². The highest BCUT2D eigenvalue weighted by Gasteiger charge is 2.27. The standard InChI is InChI=1S/C14H18N4O/c1-10-6-7-11-4-2-3-5-12(11)18(10)14-17-16-13(19-14)8-9-15/h2-5,10H,6-9,15H2,1H3. The molecule has 2 aromatic rings. The molecular weight excluding hydrogens is 240 g/mol. The molecule has 0 bridgehead atoms. The number of rotatable bonds is 3. The Morgan fingerprint density at radius 2 is 2.21 bits per heavy atom. The van der Waals surface area contributed by atoms with Crippen molar-refractivity contribution in [1.82, 2.24) is 10.2 Å². The zero-order valence-corrected chi connectivity index (χ0v) is 11.0. The largest absolute Gasteiger partial charge is 0.408 e. The Morgan fingerprint density at radius 1 is 1.37 bits per heavy atom. The number of fused-ring (bicyclic) bond motifs is 1. The van der Waals surface area contributed by atoms with Crippen LogP contribution in [0.2, 0.25) is 0 Å². The van der Waals surface area contributed by atoms with Crippen molar-refractivity contribution in [1.29, 1.82) is 0 Å². The van der Waals surface area contributed by atoms with Crippen molar-refractivity contribution in [3.05, 3.63) is 35.7 Å². The summed E-state index contributed by atoms with van der Waals surface area (Å²) in [5, 5.41) is 8.21. The van der Waals surface area contributed by atoms with Gasteiger partial charge in [-0.2, -0.15) is 0 Å². The zero-order valence-electron chi connectivity index (χ0n) is 11.0. The fourth-order valence-corrected chi connectivity index (χ4v) is 2.55. The first-order chi connectivity index (χ1) is 9.29. The van der Waals surface area contributed by atoms with Crippen molar-refractivity contribution in [2.24, 2.45) is 5.73 Å². The molecule has 0 fully saturated rings. The second-order valence-corrected chi connectivity index (χ2v) is 4.90. The summed E-state index contributed by atoms with van der Waals surface area (Å²) in [4.78, 5) is 2.13. The van der Waals surface area contributed by atoms with Gasteiger partial charge in [0, 0.05) is 24.7 Å². The van der Waals surface area contributed by atoms with E-state index in [9.17, 15) is 0 Å². The van der Waals surface area contributed by atoms with Crippen molar-refractivity contribution in [3.8, 4) is 0 Å². The Morgan fingerprint density at radius 3 is 3.05 bits per heavy atom. The van der Waals surface area contributed by atoms with Gasteiger partial charge < -0.3 is 10.2 Å². The minimum atomic E-state index is 0.362. The van der Waals surface area contributed by atoms with E-state index in [2.05, 4.69) is 40.2 Å². The van der Waals surface area contributed by atoms with Gasteiger partial charge in [-0.15, -0.1) is 5.10 Å². The van der Waals surface area contributed by atoms with Gasteiger partial charge in [0.2, 0.25) is 5.89 Å². The summed E-state index contributed by atoms with van der Waals surface area (Å²) >= 11 is 0. The average Bonchev–Trinajstić information content (AvgIpc) is 2.87. The number of anilines is 2. The van der Waals surface area contributed by atoms with Crippen molar-refractivity contribution < 1.29 is 4.42 Å². The van der Waals surface area contributed by atoms with Crippen molar-refractivity contribution in [2.45, 2.75) is 32.2 Å². The monoisotopic (exact) mass is 258 g/mol. The number of hydrogen-bond acceptors (Lipinski definition) is 5. The first-order valence-electron chi connectivity index (χ1n) is 6.69. The fraction of sp³-hybridized carbons (Fsp3) is 0.429. The number of nitrogens with two attached hydrogens (primary N) is 1. The molecule has 19 heavy (non-hydrogen) atoms. The molecule has 1 aliphatic heterocycles. The molecule has 5 nitrogen and oxygen atoms in total. The van der Waals surface area contributed by atoms with Gasteiger partial charge in [-0.25, -0.2) is 0 Å². The van der Waals surface area contributed by atoms with Crippen LogP contribution < -0.4 is 10.6 Å². The predicted octanol–water partition coefficient (Wildman–Crippen LogP) is 2.04. The van der Waals surface area contributed by atoms with Crippen LogP contribution in [0.4, 0.5) is 11.7 Å². The first kappa shape index (κ1) is 12.2. The van der Waals surface area contributed by atoms with E-state index in [4.69, 9.17) is 10.2 Å². The van der Waals surface area contributed by atoms with Crippen LogP contribution in [-0.2, 0) is 12.8 Å². The number of benzene rings is 1. The molecule has 0 amide bonds. The van der Waals surface area contributed by atoms with E-state index < -0.39 is 0 Å². The molecule has 0 spiro atoms. The lowest BCUT2D eigenvalue weighted by atomic mass is 9.97. The van der Waals surface area contributed by atoms with Gasteiger partial charge in [0.25, 0.3) is 0 Å². The van der Waals surface area contributed by atoms with Gasteiger partial charge >= 0.3 is 6.01 Å². The van der Waals surface area contributed by atoms with Crippen LogP contribution in [-0.4, -0.2) is 22.8 Å². The third kappa shape index (κ3) is 2.21. The second-order valence-electron chi connectivity index (χ2n) is 4.90. The van der Waals surface area contributed by atoms with Crippen LogP contribution in [0.1, 0.15) is 24.8 Å². The molecule has 0 radical (unpaired) electrons. The SMILES string of the molecule is CC1CCc2ccccc2N1c1nnc(CCN)o1. The third-order valence-corrected chi connectivity index (χ3v) is 3.54. The van der Waals surface area contributed by atoms with Crippen LogP contribution in [0.15, 0.2) is 28.7 Å². The van der Waals surface area contributed by atoms with E-state index in [1.54, 1.807) is 0 Å². The van der Waals surface area contributed by atoms with E-state index >= 15 is 0 Å². The number of para-hydroxylation sites is 1. The van der Waals surface area contributed by atoms with E-state index in [-0.39, 0.29) is 0 Å². The van der Waals surface area contributed by atoms with E-state index in [1.807, 2.05) is 6.07 Å². The molecule has 1 atom stereocenters. The highest BCUT2D eigenvalue weighted by atomic mass is 16.4. The highest BCUT2D eigenvalue weighted by Crippen LogP contribution is 2.35. The van der Waals surface area contributed by atoms with Gasteiger partial charge in [-0.05, 0) is 31.4 Å². The topological polar surface area (TPSA) is 68.2 Å². The summed E-state index contributed by atoms with van der Waals surface area (Å²) in [5.41, 5.74) is 8.01. The molecule has 0 aliphatic carbocycles. The summed E-state index contributed by atoms with van der Waals surface area (Å²) in [6.07, 6.45) is 2.81. The lowest BCUT2D eigenvalue weighted by Crippen LogP contribution is -2.33. The maximum Gasteiger partial charge on any atom is 0.323 e. The van der Waals surface area contributed by atoms with Crippen LogP contribution in [0.25, 0.3) is 0 Å². The molecule has 1 aliphatic rings. The Hall–Kier alpha value is -1.88. The maximum absolute atomic E-state index is 5.71. The molecule has 1 unspecified atom stereocenters. The van der Waals surface area contributed by atoms with E-state index in [0.29, 0.717) is 30.9 Å². The summed E-state index contributed by atoms with van der Waals surface area (Å²) in [6.45, 7) is 2.70. The quantitative estimate of drug-likeness (QED) is 0.912. The summed E-state index contributed by atoms with van der Waals surface area (Å²) in [7, 11) is 0. The highest BCUT2D eigenvalue weighted by molar-refractivity contribution is 5.63. The van der Waals surface area contributed by atoms with Gasteiger partial charge in [0.15, 0.2) is 0 Å². The van der Waals surface area contributed by atoms with Gasteiger partial charge in [0.1, 0.15) is 0 Å². The average molecular weight is 258 g/mol. The molecular formula is C14H18N4O. The van der Waals surface area contributed by atoms with Gasteiger partial charge in [0.05, 0.1) is 0 Å². The second kappa shape index (κ2) is 5.01. The molecule has 2 heterocycles. The summed E-state index contributed by atoms with van der Waals surface area (Å²) in [6, 6.07) is 9.31. The van der Waals surface area contributed by atoms with E-state index in [1.165, 1.54) is 11.3 Å². The molecule has 3 rings (SSSR count). The van der Waals surface area contributed by atoms with Crippen molar-refractivity contribution in [3.63, 3.8) is 0 Å². The van der Waals surface area contributed by atoms with E-state index in [0.717, 1.165) is 12.8 Å². The zero-order chi connectivity index (χ0) is 13.2. The lowest BCUT2D eigenvalue weighted by Gasteiger charge is -2.33. The number of aromatic nitrogens is 2. The number of hydrogen-bond donors (Lipinski definition) is 1. The normalized spacial score (nSPS) is 18.4. The third-order valence-electron chi connectivity index (χ3n) is 3.54. The predicted molar refractivity (Wildman–Crippen MR) is 73.4 cm³/mol. The first-order valence-corrected chi connectivity index (χ1v) is 6.69. The van der Waals surface area contributed by atoms with Crippen LogP contribution in [0, 0.1) is 0 Å². The number of nitrogens with zero attached hydrogens (tertiary/aromatic N) is 3. The smallest absolute Gasteiger partial charge is 0.323 e. The molecule has 0 saturated carbocycles. The maximum atomic E-state index is 5.71. The van der Waals surface area contributed by atoms with Gasteiger partial charge in [-0.1, -0.05) is 23.3 Å². The Balaban J connectivity index is 1.98. The summed E-state index contributed by atoms with van der Waals surface area (Å²) in [5.74, 6) is 0.604. The number of aryl methyl sites for hydroxylation is 1. The van der Waals surface area contributed by atoms with Crippen molar-refractivity contribution >= 4 is 11.7 Å². The Bertz CT molecular complexity index is 566.